The molecule has 0 saturated carbocycles. The van der Waals surface area contributed by atoms with Crippen LogP contribution in [0, 0.1) is 26.6 Å². The number of carbonyl (C=O) groups is 1. The van der Waals surface area contributed by atoms with Crippen molar-refractivity contribution >= 4 is 22.6 Å². The van der Waals surface area contributed by atoms with Crippen LogP contribution >= 0.6 is 0 Å². The largest absolute Gasteiger partial charge is 0.435 e. The molecule has 0 fully saturated rings. The molecule has 0 saturated heterocycles. The number of carbonyl (C=O) groups excluding carboxylic acids is 1. The van der Waals surface area contributed by atoms with Gasteiger partial charge in [0.2, 0.25) is 5.76 Å². The molecule has 1 aromatic carbocycles. The number of ether oxygens (including phenoxy) is 1. The number of aromatic nitrogens is 5. The Labute approximate surface area is 206 Å². The summed E-state index contributed by atoms with van der Waals surface area (Å²) in [5.41, 5.74) is 5.24. The fourth-order valence-corrected chi connectivity index (χ4v) is 3.93. The van der Waals surface area contributed by atoms with Gasteiger partial charge < -0.3 is 14.5 Å². The smallest absolute Gasteiger partial charge is 0.293 e. The summed E-state index contributed by atoms with van der Waals surface area (Å²) in [6.45, 7) is 5.81. The second-order valence-electron chi connectivity index (χ2n) is 8.37. The summed E-state index contributed by atoms with van der Waals surface area (Å²) >= 11 is 0. The molecule has 0 spiro atoms. The minimum atomic E-state index is -0.516. The first-order chi connectivity index (χ1) is 17.3. The molecule has 1 N–H and O–H groups in total. The van der Waals surface area contributed by atoms with Crippen LogP contribution in [0.3, 0.4) is 0 Å². The molecule has 4 heterocycles. The molecule has 5 aromatic rings. The Morgan fingerprint density at radius 2 is 2.00 bits per heavy atom. The van der Waals surface area contributed by atoms with Crippen LogP contribution < -0.4 is 5.32 Å². The number of benzene rings is 1. The number of pyridine rings is 2. The lowest BCUT2D eigenvalue weighted by Gasteiger charge is -2.08. The number of oxazole rings is 1. The van der Waals surface area contributed by atoms with Crippen molar-refractivity contribution in [2.45, 2.75) is 27.4 Å². The van der Waals surface area contributed by atoms with Gasteiger partial charge in [-0.2, -0.15) is 0 Å². The van der Waals surface area contributed by atoms with Crippen LogP contribution in [0.4, 0.5) is 10.1 Å². The van der Waals surface area contributed by atoms with Gasteiger partial charge in [0.25, 0.3) is 5.91 Å². The van der Waals surface area contributed by atoms with Gasteiger partial charge in [0.05, 0.1) is 12.3 Å². The summed E-state index contributed by atoms with van der Waals surface area (Å²) in [5, 5.41) is 7.88. The highest BCUT2D eigenvalue weighted by Crippen LogP contribution is 2.27. The topological polar surface area (TPSA) is 108 Å². The standard InChI is InChI=1S/C26H23FN6O3/c1-14-7-8-28-23(15(14)2)17-9-18-12-33(32-25(18)29-11-17)22-10-19(5-6-20(22)27)31-26(34)24-21(13-35-4)30-16(3)36-24/h5-12H,13H2,1-4H3,(H,31,34). The van der Waals surface area contributed by atoms with Crippen molar-refractivity contribution in [2.24, 2.45) is 0 Å². The summed E-state index contributed by atoms with van der Waals surface area (Å²) < 4.78 is 26.7. The monoisotopic (exact) mass is 486 g/mol. The summed E-state index contributed by atoms with van der Waals surface area (Å²) in [4.78, 5) is 25.9. The fourth-order valence-electron chi connectivity index (χ4n) is 3.93. The number of fused-ring (bicyclic) bond motifs is 1. The lowest BCUT2D eigenvalue weighted by atomic mass is 10.0. The van der Waals surface area contributed by atoms with Crippen LogP contribution in [0.1, 0.15) is 33.3 Å². The van der Waals surface area contributed by atoms with Crippen molar-refractivity contribution in [1.29, 1.82) is 0 Å². The van der Waals surface area contributed by atoms with Crippen LogP contribution in [-0.4, -0.2) is 37.7 Å². The van der Waals surface area contributed by atoms with E-state index >= 15 is 0 Å². The number of aryl methyl sites for hydroxylation is 2. The molecule has 1 amide bonds. The maximum atomic E-state index is 14.8. The third-order valence-corrected chi connectivity index (χ3v) is 5.85. The SMILES string of the molecule is COCc1nc(C)oc1C(=O)Nc1ccc(F)c(-n2cc3cc(-c4nccc(C)c4C)cnc3n2)c1. The zero-order chi connectivity index (χ0) is 25.4. The Balaban J connectivity index is 1.46. The number of amides is 1. The molecule has 182 valence electrons. The maximum Gasteiger partial charge on any atom is 0.293 e. The molecule has 0 atom stereocenters. The van der Waals surface area contributed by atoms with Crippen molar-refractivity contribution in [1.82, 2.24) is 24.7 Å². The first-order valence-electron chi connectivity index (χ1n) is 11.2. The molecular weight excluding hydrogens is 463 g/mol. The van der Waals surface area contributed by atoms with E-state index in [-0.39, 0.29) is 18.1 Å². The zero-order valence-electron chi connectivity index (χ0n) is 20.2. The van der Waals surface area contributed by atoms with Crippen LogP contribution in [-0.2, 0) is 11.3 Å². The first kappa shape index (κ1) is 23.3. The van der Waals surface area contributed by atoms with E-state index in [9.17, 15) is 9.18 Å². The van der Waals surface area contributed by atoms with E-state index in [1.807, 2.05) is 26.0 Å². The highest BCUT2D eigenvalue weighted by molar-refractivity contribution is 6.03. The molecule has 0 aliphatic heterocycles. The zero-order valence-corrected chi connectivity index (χ0v) is 20.2. The van der Waals surface area contributed by atoms with Gasteiger partial charge in [0, 0.05) is 49.3 Å². The molecule has 0 bridgehead atoms. The van der Waals surface area contributed by atoms with E-state index in [4.69, 9.17) is 9.15 Å². The average Bonchev–Trinajstić information content (AvgIpc) is 3.45. The molecule has 5 rings (SSSR count). The Hall–Kier alpha value is -4.44. The van der Waals surface area contributed by atoms with E-state index in [2.05, 4.69) is 25.4 Å². The molecule has 0 unspecified atom stereocenters. The molecule has 10 heteroatoms. The molecule has 0 radical (unpaired) electrons. The number of hydrogen-bond acceptors (Lipinski definition) is 7. The van der Waals surface area contributed by atoms with E-state index in [1.165, 1.54) is 30.0 Å². The number of nitrogens with zero attached hydrogens (tertiary/aromatic N) is 5. The van der Waals surface area contributed by atoms with Crippen molar-refractivity contribution in [3.63, 3.8) is 0 Å². The van der Waals surface area contributed by atoms with E-state index < -0.39 is 11.7 Å². The van der Waals surface area contributed by atoms with Crippen molar-refractivity contribution < 1.29 is 18.3 Å². The Morgan fingerprint density at radius 1 is 1.17 bits per heavy atom. The summed E-state index contributed by atoms with van der Waals surface area (Å²) in [6, 6.07) is 8.10. The van der Waals surface area contributed by atoms with Crippen molar-refractivity contribution in [3.8, 4) is 16.9 Å². The third-order valence-electron chi connectivity index (χ3n) is 5.85. The van der Waals surface area contributed by atoms with Gasteiger partial charge >= 0.3 is 0 Å². The second-order valence-corrected chi connectivity index (χ2v) is 8.37. The van der Waals surface area contributed by atoms with Gasteiger partial charge in [-0.3, -0.25) is 9.78 Å². The molecule has 36 heavy (non-hydrogen) atoms. The number of nitrogens with one attached hydrogen (secondary N) is 1. The van der Waals surface area contributed by atoms with Gasteiger partial charge in [0.15, 0.2) is 11.5 Å². The molecule has 9 nitrogen and oxygen atoms in total. The van der Waals surface area contributed by atoms with E-state index in [0.717, 1.165) is 27.8 Å². The van der Waals surface area contributed by atoms with Crippen molar-refractivity contribution in [2.75, 3.05) is 12.4 Å². The normalized spacial score (nSPS) is 11.2. The van der Waals surface area contributed by atoms with Gasteiger partial charge in [-0.1, -0.05) is 0 Å². The van der Waals surface area contributed by atoms with Gasteiger partial charge in [-0.05, 0) is 55.3 Å². The predicted molar refractivity (Wildman–Crippen MR) is 131 cm³/mol. The minimum Gasteiger partial charge on any atom is -0.435 e. The Bertz CT molecular complexity index is 1610. The number of hydrogen-bond donors (Lipinski definition) is 1. The highest BCUT2D eigenvalue weighted by Gasteiger charge is 2.20. The minimum absolute atomic E-state index is 0.0434. The summed E-state index contributed by atoms with van der Waals surface area (Å²) in [6.07, 6.45) is 5.16. The number of anilines is 1. The van der Waals surface area contributed by atoms with Crippen LogP contribution in [0.5, 0.6) is 0 Å². The van der Waals surface area contributed by atoms with Crippen molar-refractivity contribution in [3.05, 3.63) is 83.2 Å². The van der Waals surface area contributed by atoms with Crippen LogP contribution in [0.15, 0.2) is 53.3 Å². The molecule has 4 aromatic heterocycles. The number of halogens is 1. The third kappa shape index (κ3) is 4.34. The van der Waals surface area contributed by atoms with Gasteiger partial charge in [-0.25, -0.2) is 19.0 Å². The summed E-state index contributed by atoms with van der Waals surface area (Å²) in [5.74, 6) is -0.633. The predicted octanol–water partition coefficient (Wildman–Crippen LogP) is 4.93. The first-order valence-corrected chi connectivity index (χ1v) is 11.2. The molecule has 0 aliphatic rings. The lowest BCUT2D eigenvalue weighted by Crippen LogP contribution is -2.14. The fraction of sp³-hybridized carbons (Fsp3) is 0.192. The van der Waals surface area contributed by atoms with Gasteiger partial charge in [-0.15, -0.1) is 5.10 Å². The molecule has 0 aliphatic carbocycles. The van der Waals surface area contributed by atoms with E-state index in [0.29, 0.717) is 22.9 Å². The summed E-state index contributed by atoms with van der Waals surface area (Å²) in [7, 11) is 1.50. The van der Waals surface area contributed by atoms with Gasteiger partial charge in [0.1, 0.15) is 17.2 Å². The van der Waals surface area contributed by atoms with Crippen LogP contribution in [0.2, 0.25) is 0 Å². The Morgan fingerprint density at radius 3 is 2.81 bits per heavy atom. The molecular formula is C26H23FN6O3. The average molecular weight is 487 g/mol. The van der Waals surface area contributed by atoms with E-state index in [1.54, 1.807) is 25.5 Å². The maximum absolute atomic E-state index is 14.8. The lowest BCUT2D eigenvalue weighted by molar-refractivity contribution is 0.0988. The Kier molecular flexibility index (Phi) is 6.03. The highest BCUT2D eigenvalue weighted by atomic mass is 19.1. The number of methoxy groups -OCH3 is 1. The number of rotatable bonds is 6. The quantitative estimate of drug-likeness (QED) is 0.362. The second kappa shape index (κ2) is 9.31. The van der Waals surface area contributed by atoms with Crippen LogP contribution in [0.25, 0.3) is 28.0 Å².